The summed E-state index contributed by atoms with van der Waals surface area (Å²) in [5, 5.41) is 0. The van der Waals surface area contributed by atoms with Gasteiger partial charge in [0.2, 0.25) is 5.91 Å². The van der Waals surface area contributed by atoms with Crippen LogP contribution in [-0.4, -0.2) is 28.7 Å². The van der Waals surface area contributed by atoms with Crippen molar-refractivity contribution in [1.82, 2.24) is 9.55 Å². The summed E-state index contributed by atoms with van der Waals surface area (Å²) in [7, 11) is 0. The van der Waals surface area contributed by atoms with Gasteiger partial charge in [0.15, 0.2) is 5.69 Å². The van der Waals surface area contributed by atoms with Crippen molar-refractivity contribution in [2.75, 3.05) is 23.8 Å². The Morgan fingerprint density at radius 1 is 0.972 bits per heavy atom. The maximum absolute atomic E-state index is 13.3. The van der Waals surface area contributed by atoms with Gasteiger partial charge in [0, 0.05) is 13.0 Å². The fourth-order valence-electron chi connectivity index (χ4n) is 3.78. The van der Waals surface area contributed by atoms with E-state index >= 15 is 0 Å². The summed E-state index contributed by atoms with van der Waals surface area (Å²) in [4.78, 5) is 42.2. The van der Waals surface area contributed by atoms with Crippen molar-refractivity contribution < 1.29 is 14.3 Å². The average Bonchev–Trinajstić information content (AvgIpc) is 2.87. The number of nitrogens with two attached hydrogens (primary N) is 1. The molecule has 0 unspecified atom stereocenters. The number of aromatic nitrogens is 2. The summed E-state index contributed by atoms with van der Waals surface area (Å²) in [6, 6.07) is 16.6. The summed E-state index contributed by atoms with van der Waals surface area (Å²) in [6.45, 7) is 5.33. The molecule has 0 saturated carbocycles. The van der Waals surface area contributed by atoms with E-state index in [1.54, 1.807) is 0 Å². The van der Waals surface area contributed by atoms with Gasteiger partial charge < -0.3 is 20.1 Å². The number of carbonyl (C=O) groups is 1. The Labute approximate surface area is 210 Å². The molecule has 9 nitrogen and oxygen atoms in total. The van der Waals surface area contributed by atoms with E-state index in [4.69, 9.17) is 15.2 Å². The smallest absolute Gasteiger partial charge is 0.330 e. The SMILES string of the molecule is CCCCn1c(N)c(N(Cc2ccccc2)C(=O)CCCOc2ccc(OCC)cc2)c(=O)[nH]c1=O. The molecule has 0 radical (unpaired) electrons. The lowest BCUT2D eigenvalue weighted by Crippen LogP contribution is -2.41. The number of H-pyrrole nitrogens is 1. The first kappa shape index (κ1) is 26.6. The number of hydrogen-bond acceptors (Lipinski definition) is 6. The first-order valence-corrected chi connectivity index (χ1v) is 12.3. The third kappa shape index (κ3) is 7.00. The molecule has 192 valence electrons. The molecule has 0 aliphatic heterocycles. The third-order valence-corrected chi connectivity index (χ3v) is 5.64. The van der Waals surface area contributed by atoms with Crippen LogP contribution in [0.25, 0.3) is 0 Å². The number of nitrogens with one attached hydrogen (secondary N) is 1. The van der Waals surface area contributed by atoms with E-state index in [0.29, 0.717) is 38.3 Å². The summed E-state index contributed by atoms with van der Waals surface area (Å²) in [5.74, 6) is 1.15. The Bertz CT molecular complexity index is 1240. The number of nitrogens with zero attached hydrogens (tertiary/aromatic N) is 2. The molecule has 3 rings (SSSR count). The number of carbonyl (C=O) groups excluding carboxylic acids is 1. The van der Waals surface area contributed by atoms with E-state index in [1.165, 1.54) is 9.47 Å². The van der Waals surface area contributed by atoms with Crippen LogP contribution in [0.5, 0.6) is 11.5 Å². The molecule has 0 bridgehead atoms. The highest BCUT2D eigenvalue weighted by Gasteiger charge is 2.24. The van der Waals surface area contributed by atoms with E-state index in [1.807, 2.05) is 68.4 Å². The second-order valence-corrected chi connectivity index (χ2v) is 8.32. The number of anilines is 2. The zero-order valence-electron chi connectivity index (χ0n) is 20.9. The summed E-state index contributed by atoms with van der Waals surface area (Å²) in [6.07, 6.45) is 2.13. The summed E-state index contributed by atoms with van der Waals surface area (Å²) in [5.41, 5.74) is 5.87. The topological polar surface area (TPSA) is 120 Å². The molecular weight excluding hydrogens is 460 g/mol. The van der Waals surface area contributed by atoms with Gasteiger partial charge in [-0.15, -0.1) is 0 Å². The molecule has 9 heteroatoms. The second kappa shape index (κ2) is 13.2. The molecule has 0 saturated heterocycles. The lowest BCUT2D eigenvalue weighted by atomic mass is 10.2. The number of ether oxygens (including phenoxy) is 2. The van der Waals surface area contributed by atoms with Crippen molar-refractivity contribution >= 4 is 17.4 Å². The van der Waals surface area contributed by atoms with Crippen molar-refractivity contribution in [2.24, 2.45) is 0 Å². The van der Waals surface area contributed by atoms with Gasteiger partial charge in [-0.25, -0.2) is 4.79 Å². The molecule has 36 heavy (non-hydrogen) atoms. The monoisotopic (exact) mass is 494 g/mol. The lowest BCUT2D eigenvalue weighted by molar-refractivity contribution is -0.119. The van der Waals surface area contributed by atoms with Crippen molar-refractivity contribution in [3.8, 4) is 11.5 Å². The fraction of sp³-hybridized carbons (Fsp3) is 0.370. The lowest BCUT2D eigenvalue weighted by Gasteiger charge is -2.25. The van der Waals surface area contributed by atoms with Crippen LogP contribution in [0.15, 0.2) is 64.2 Å². The minimum atomic E-state index is -0.680. The van der Waals surface area contributed by atoms with Crippen LogP contribution >= 0.6 is 0 Å². The number of rotatable bonds is 13. The van der Waals surface area contributed by atoms with Crippen molar-refractivity contribution in [3.63, 3.8) is 0 Å². The molecule has 0 fully saturated rings. The van der Waals surface area contributed by atoms with E-state index in [9.17, 15) is 14.4 Å². The van der Waals surface area contributed by atoms with E-state index < -0.39 is 11.2 Å². The molecule has 3 N–H and O–H groups in total. The Hall–Kier alpha value is -4.01. The number of unbranched alkanes of at least 4 members (excludes halogenated alkanes) is 1. The fourth-order valence-corrected chi connectivity index (χ4v) is 3.78. The highest BCUT2D eigenvalue weighted by molar-refractivity contribution is 5.95. The van der Waals surface area contributed by atoms with Gasteiger partial charge in [-0.1, -0.05) is 43.7 Å². The molecule has 0 aliphatic carbocycles. The maximum Gasteiger partial charge on any atom is 0.330 e. The number of nitrogen functional groups attached to an aromatic ring is 1. The minimum absolute atomic E-state index is 0.00730. The first-order chi connectivity index (χ1) is 17.4. The Morgan fingerprint density at radius 2 is 1.64 bits per heavy atom. The molecule has 1 heterocycles. The molecular formula is C27H34N4O5. The second-order valence-electron chi connectivity index (χ2n) is 8.32. The van der Waals surface area contributed by atoms with E-state index in [2.05, 4.69) is 4.98 Å². The number of benzene rings is 2. The molecule has 0 atom stereocenters. The highest BCUT2D eigenvalue weighted by atomic mass is 16.5. The quantitative estimate of drug-likeness (QED) is 0.350. The molecule has 0 spiro atoms. The van der Waals surface area contributed by atoms with Gasteiger partial charge in [-0.3, -0.25) is 19.1 Å². The van der Waals surface area contributed by atoms with Crippen molar-refractivity contribution in [2.45, 2.75) is 52.6 Å². The average molecular weight is 495 g/mol. The third-order valence-electron chi connectivity index (χ3n) is 5.64. The Balaban J connectivity index is 1.77. The van der Waals surface area contributed by atoms with Crippen LogP contribution in [0.2, 0.25) is 0 Å². The van der Waals surface area contributed by atoms with Crippen LogP contribution in [0.3, 0.4) is 0 Å². The van der Waals surface area contributed by atoms with Crippen LogP contribution in [0.1, 0.15) is 45.1 Å². The number of amides is 1. The van der Waals surface area contributed by atoms with Gasteiger partial charge >= 0.3 is 5.69 Å². The van der Waals surface area contributed by atoms with Crippen molar-refractivity contribution in [1.29, 1.82) is 0 Å². The number of hydrogen-bond donors (Lipinski definition) is 2. The Kier molecular flexibility index (Phi) is 9.73. The van der Waals surface area contributed by atoms with Crippen molar-refractivity contribution in [3.05, 3.63) is 81.0 Å². The van der Waals surface area contributed by atoms with Crippen LogP contribution in [-0.2, 0) is 17.9 Å². The summed E-state index contributed by atoms with van der Waals surface area (Å²) < 4.78 is 12.5. The highest BCUT2D eigenvalue weighted by Crippen LogP contribution is 2.22. The van der Waals surface area contributed by atoms with Crippen LogP contribution < -0.4 is 31.4 Å². The molecule has 1 aromatic heterocycles. The minimum Gasteiger partial charge on any atom is -0.494 e. The molecule has 2 aromatic carbocycles. The zero-order valence-corrected chi connectivity index (χ0v) is 20.9. The predicted molar refractivity (Wildman–Crippen MR) is 141 cm³/mol. The predicted octanol–water partition coefficient (Wildman–Crippen LogP) is 3.71. The largest absolute Gasteiger partial charge is 0.494 e. The van der Waals surface area contributed by atoms with Gasteiger partial charge in [0.25, 0.3) is 5.56 Å². The van der Waals surface area contributed by atoms with E-state index in [-0.39, 0.29) is 30.4 Å². The van der Waals surface area contributed by atoms with Gasteiger partial charge in [-0.05, 0) is 49.6 Å². The molecule has 1 amide bonds. The normalized spacial score (nSPS) is 10.7. The van der Waals surface area contributed by atoms with E-state index in [0.717, 1.165) is 17.7 Å². The zero-order chi connectivity index (χ0) is 25.9. The molecule has 0 aliphatic rings. The van der Waals surface area contributed by atoms with Gasteiger partial charge in [0.1, 0.15) is 17.3 Å². The van der Waals surface area contributed by atoms with Crippen LogP contribution in [0.4, 0.5) is 11.5 Å². The summed E-state index contributed by atoms with van der Waals surface area (Å²) >= 11 is 0. The Morgan fingerprint density at radius 3 is 2.28 bits per heavy atom. The number of aromatic amines is 1. The maximum atomic E-state index is 13.3. The van der Waals surface area contributed by atoms with Crippen LogP contribution in [0, 0.1) is 0 Å². The molecule has 3 aromatic rings. The van der Waals surface area contributed by atoms with Gasteiger partial charge in [0.05, 0.1) is 19.8 Å². The standard InChI is InChI=1S/C27H34N4O5/c1-3-5-17-30-25(28)24(26(33)29-27(30)34)31(19-20-10-7-6-8-11-20)23(32)12-9-18-36-22-15-13-21(14-16-22)35-4-2/h6-8,10-11,13-16H,3-5,9,12,17-19,28H2,1-2H3,(H,29,33,34). The van der Waals surface area contributed by atoms with Gasteiger partial charge in [-0.2, -0.15) is 0 Å². The first-order valence-electron chi connectivity index (χ1n) is 12.3.